The minimum Gasteiger partial charge on any atom is -0.329 e. The molecule has 0 radical (unpaired) electrons. The molecule has 0 saturated heterocycles. The van der Waals surface area contributed by atoms with Gasteiger partial charge in [0.2, 0.25) is 5.91 Å². The van der Waals surface area contributed by atoms with Crippen LogP contribution in [0.1, 0.15) is 26.7 Å². The van der Waals surface area contributed by atoms with Crippen molar-refractivity contribution in [1.29, 1.82) is 0 Å². The second-order valence-corrected chi connectivity index (χ2v) is 4.71. The van der Waals surface area contributed by atoms with Crippen LogP contribution in [0, 0.1) is 11.2 Å². The van der Waals surface area contributed by atoms with Gasteiger partial charge in [0.1, 0.15) is 5.82 Å². The molecule has 19 heavy (non-hydrogen) atoms. The van der Waals surface area contributed by atoms with E-state index in [1.54, 1.807) is 0 Å². The molecule has 6 heteroatoms. The van der Waals surface area contributed by atoms with Crippen molar-refractivity contribution >= 4 is 35.6 Å². The molecule has 3 N–H and O–H groups in total. The Morgan fingerprint density at radius 3 is 2.42 bits per heavy atom. The summed E-state index contributed by atoms with van der Waals surface area (Å²) in [5.41, 5.74) is 5.15. The van der Waals surface area contributed by atoms with Crippen molar-refractivity contribution in [3.63, 3.8) is 0 Å². The van der Waals surface area contributed by atoms with Crippen LogP contribution in [-0.4, -0.2) is 12.5 Å². The lowest BCUT2D eigenvalue weighted by atomic mass is 9.81. The average molecular weight is 309 g/mol. The van der Waals surface area contributed by atoms with Crippen LogP contribution >= 0.6 is 24.0 Å². The largest absolute Gasteiger partial charge is 0.329 e. The van der Waals surface area contributed by atoms with Crippen molar-refractivity contribution in [3.05, 3.63) is 29.0 Å². The zero-order valence-corrected chi connectivity index (χ0v) is 12.6. The summed E-state index contributed by atoms with van der Waals surface area (Å²) in [5.74, 6) is -0.801. The van der Waals surface area contributed by atoms with E-state index in [1.807, 2.05) is 13.8 Å². The lowest BCUT2D eigenvalue weighted by Gasteiger charge is -2.28. The van der Waals surface area contributed by atoms with Crippen molar-refractivity contribution in [3.8, 4) is 0 Å². The standard InChI is InChI=1S/C13H18ClFN2O.ClH/c1-3-13(4-2,8-16)12(18)17-11-6-5-9(14)7-10(11)15;/h5-7H,3-4,8,16H2,1-2H3,(H,17,18);1H. The normalized spacial score (nSPS) is 10.8. The molecule has 0 heterocycles. The summed E-state index contributed by atoms with van der Waals surface area (Å²) in [7, 11) is 0. The predicted octanol–water partition coefficient (Wildman–Crippen LogP) is 3.60. The summed E-state index contributed by atoms with van der Waals surface area (Å²) >= 11 is 5.65. The van der Waals surface area contributed by atoms with E-state index >= 15 is 0 Å². The highest BCUT2D eigenvalue weighted by Gasteiger charge is 2.33. The molecule has 0 aliphatic carbocycles. The Morgan fingerprint density at radius 1 is 1.42 bits per heavy atom. The van der Waals surface area contributed by atoms with E-state index in [0.717, 1.165) is 0 Å². The molecule has 1 amide bonds. The van der Waals surface area contributed by atoms with Gasteiger partial charge in [0.05, 0.1) is 11.1 Å². The summed E-state index contributed by atoms with van der Waals surface area (Å²) < 4.78 is 13.6. The van der Waals surface area contributed by atoms with Crippen molar-refractivity contribution in [1.82, 2.24) is 0 Å². The third-order valence-electron chi connectivity index (χ3n) is 3.41. The van der Waals surface area contributed by atoms with Gasteiger partial charge in [0, 0.05) is 11.6 Å². The highest BCUT2D eigenvalue weighted by molar-refractivity contribution is 6.30. The van der Waals surface area contributed by atoms with Gasteiger partial charge in [0.15, 0.2) is 0 Å². The van der Waals surface area contributed by atoms with Crippen molar-refractivity contribution in [2.75, 3.05) is 11.9 Å². The number of rotatable bonds is 5. The van der Waals surface area contributed by atoms with E-state index < -0.39 is 11.2 Å². The second kappa shape index (κ2) is 7.68. The maximum Gasteiger partial charge on any atom is 0.231 e. The van der Waals surface area contributed by atoms with E-state index in [0.29, 0.717) is 17.9 Å². The van der Waals surface area contributed by atoms with Gasteiger partial charge in [-0.25, -0.2) is 4.39 Å². The number of hydrogen-bond acceptors (Lipinski definition) is 2. The molecule has 1 aromatic rings. The van der Waals surface area contributed by atoms with E-state index in [1.165, 1.54) is 18.2 Å². The molecule has 1 rings (SSSR count). The summed E-state index contributed by atoms with van der Waals surface area (Å²) in [6.45, 7) is 4.03. The Kier molecular flexibility index (Phi) is 7.34. The number of nitrogens with two attached hydrogens (primary N) is 1. The molecule has 0 saturated carbocycles. The molecule has 0 aromatic heterocycles. The smallest absolute Gasteiger partial charge is 0.231 e. The minimum atomic E-state index is -0.647. The monoisotopic (exact) mass is 308 g/mol. The Bertz CT molecular complexity index is 428. The summed E-state index contributed by atoms with van der Waals surface area (Å²) in [4.78, 5) is 12.2. The van der Waals surface area contributed by atoms with Crippen molar-refractivity contribution < 1.29 is 9.18 Å². The van der Waals surface area contributed by atoms with Gasteiger partial charge >= 0.3 is 0 Å². The molecule has 0 unspecified atom stereocenters. The average Bonchev–Trinajstić information content (AvgIpc) is 2.36. The first-order valence-electron chi connectivity index (χ1n) is 5.95. The lowest BCUT2D eigenvalue weighted by molar-refractivity contribution is -0.125. The number of carbonyl (C=O) groups excluding carboxylic acids is 1. The molecule has 0 bridgehead atoms. The van der Waals surface area contributed by atoms with Crippen LogP contribution in [0.3, 0.4) is 0 Å². The molecule has 108 valence electrons. The molecule has 0 fully saturated rings. The number of amides is 1. The van der Waals surface area contributed by atoms with Crippen LogP contribution in [0.5, 0.6) is 0 Å². The maximum atomic E-state index is 13.6. The van der Waals surface area contributed by atoms with Crippen LogP contribution in [0.15, 0.2) is 18.2 Å². The first-order valence-corrected chi connectivity index (χ1v) is 6.33. The summed E-state index contributed by atoms with van der Waals surface area (Å²) in [5, 5.41) is 2.87. The van der Waals surface area contributed by atoms with E-state index in [9.17, 15) is 9.18 Å². The third kappa shape index (κ3) is 4.06. The molecular formula is C13H19Cl2FN2O. The predicted molar refractivity (Wildman–Crippen MR) is 79.4 cm³/mol. The number of nitrogens with one attached hydrogen (secondary N) is 1. The molecule has 0 atom stereocenters. The minimum absolute atomic E-state index is 0. The van der Waals surface area contributed by atoms with Gasteiger partial charge in [-0.05, 0) is 31.0 Å². The van der Waals surface area contributed by atoms with Crippen LogP contribution in [0.25, 0.3) is 0 Å². The Labute approximate surface area is 124 Å². The Hall–Kier alpha value is -0.840. The molecule has 0 aliphatic heterocycles. The third-order valence-corrected chi connectivity index (χ3v) is 3.64. The highest BCUT2D eigenvalue weighted by Crippen LogP contribution is 2.28. The topological polar surface area (TPSA) is 55.1 Å². The SMILES string of the molecule is CCC(CC)(CN)C(=O)Nc1ccc(Cl)cc1F.Cl. The number of anilines is 1. The fourth-order valence-electron chi connectivity index (χ4n) is 1.80. The quantitative estimate of drug-likeness (QED) is 0.873. The number of halogens is 3. The molecule has 0 spiro atoms. The van der Waals surface area contributed by atoms with Gasteiger partial charge in [0.25, 0.3) is 0 Å². The zero-order chi connectivity index (χ0) is 13.8. The Morgan fingerprint density at radius 2 is 2.00 bits per heavy atom. The summed E-state index contributed by atoms with van der Waals surface area (Å²) in [6, 6.07) is 4.14. The van der Waals surface area contributed by atoms with Gasteiger partial charge in [-0.2, -0.15) is 0 Å². The van der Waals surface area contributed by atoms with Crippen LogP contribution in [-0.2, 0) is 4.79 Å². The number of hydrogen-bond donors (Lipinski definition) is 2. The van der Waals surface area contributed by atoms with E-state index in [2.05, 4.69) is 5.32 Å². The molecular weight excluding hydrogens is 290 g/mol. The number of carbonyl (C=O) groups is 1. The lowest BCUT2D eigenvalue weighted by Crippen LogP contribution is -2.41. The second-order valence-electron chi connectivity index (χ2n) is 4.27. The van der Waals surface area contributed by atoms with Crippen molar-refractivity contribution in [2.45, 2.75) is 26.7 Å². The fourth-order valence-corrected chi connectivity index (χ4v) is 1.96. The summed E-state index contributed by atoms with van der Waals surface area (Å²) in [6.07, 6.45) is 1.22. The first kappa shape index (κ1) is 18.2. The first-order chi connectivity index (χ1) is 8.49. The van der Waals surface area contributed by atoms with Crippen LogP contribution < -0.4 is 11.1 Å². The molecule has 1 aromatic carbocycles. The van der Waals surface area contributed by atoms with Crippen LogP contribution in [0.2, 0.25) is 5.02 Å². The van der Waals surface area contributed by atoms with E-state index in [-0.39, 0.29) is 30.5 Å². The van der Waals surface area contributed by atoms with Gasteiger partial charge in [-0.15, -0.1) is 12.4 Å². The highest BCUT2D eigenvalue weighted by atomic mass is 35.5. The van der Waals surface area contributed by atoms with Gasteiger partial charge in [-0.1, -0.05) is 25.4 Å². The van der Waals surface area contributed by atoms with Crippen LogP contribution in [0.4, 0.5) is 10.1 Å². The zero-order valence-electron chi connectivity index (χ0n) is 11.0. The molecule has 3 nitrogen and oxygen atoms in total. The van der Waals surface area contributed by atoms with E-state index in [4.69, 9.17) is 17.3 Å². The number of benzene rings is 1. The van der Waals surface area contributed by atoms with Gasteiger partial charge < -0.3 is 11.1 Å². The van der Waals surface area contributed by atoms with Gasteiger partial charge in [-0.3, -0.25) is 4.79 Å². The molecule has 0 aliphatic rings. The Balaban J connectivity index is 0.00000324. The maximum absolute atomic E-state index is 13.6. The van der Waals surface area contributed by atoms with Crippen molar-refractivity contribution in [2.24, 2.45) is 11.1 Å². The fraction of sp³-hybridized carbons (Fsp3) is 0.462.